The summed E-state index contributed by atoms with van der Waals surface area (Å²) in [5.74, 6) is -0.245. The van der Waals surface area contributed by atoms with E-state index in [1.165, 1.54) is 0 Å². The van der Waals surface area contributed by atoms with E-state index in [0.717, 1.165) is 6.42 Å². The van der Waals surface area contributed by atoms with Crippen LogP contribution in [0, 0.1) is 0 Å². The molecular weight excluding hydrogens is 234 g/mol. The molecule has 7 heteroatoms. The fraction of sp³-hybridized carbons (Fsp3) is 0.727. The summed E-state index contributed by atoms with van der Waals surface area (Å²) in [6.07, 6.45) is 2.54. The van der Waals surface area contributed by atoms with Gasteiger partial charge in [-0.15, -0.1) is 5.10 Å². The Hall–Kier alpha value is -1.47. The molecule has 1 aromatic rings. The number of hydrogen-bond donors (Lipinski definition) is 2. The van der Waals surface area contributed by atoms with Gasteiger partial charge in [0.2, 0.25) is 0 Å². The summed E-state index contributed by atoms with van der Waals surface area (Å²) in [4.78, 5) is 11.7. The Morgan fingerprint density at radius 2 is 2.44 bits per heavy atom. The van der Waals surface area contributed by atoms with Crippen LogP contribution in [0.4, 0.5) is 0 Å². The molecule has 102 valence electrons. The second-order valence-electron chi connectivity index (χ2n) is 4.05. The van der Waals surface area contributed by atoms with Gasteiger partial charge in [-0.3, -0.25) is 9.48 Å². The maximum atomic E-state index is 11.7. The first-order chi connectivity index (χ1) is 8.67. The van der Waals surface area contributed by atoms with Gasteiger partial charge in [0.15, 0.2) is 5.69 Å². The maximum Gasteiger partial charge on any atom is 0.273 e. The van der Waals surface area contributed by atoms with Crippen LogP contribution in [0.15, 0.2) is 6.20 Å². The fourth-order valence-electron chi connectivity index (χ4n) is 1.35. The smallest absolute Gasteiger partial charge is 0.273 e. The molecule has 0 aliphatic rings. The third-order valence-electron chi connectivity index (χ3n) is 2.29. The largest absolute Gasteiger partial charge is 0.377 e. The number of hydrogen-bond acceptors (Lipinski definition) is 5. The molecule has 0 aliphatic carbocycles. The summed E-state index contributed by atoms with van der Waals surface area (Å²) in [5.41, 5.74) is 5.68. The second-order valence-corrected chi connectivity index (χ2v) is 4.05. The molecule has 0 fully saturated rings. The van der Waals surface area contributed by atoms with E-state index >= 15 is 0 Å². The summed E-state index contributed by atoms with van der Waals surface area (Å²) < 4.78 is 7.00. The monoisotopic (exact) mass is 255 g/mol. The summed E-state index contributed by atoms with van der Waals surface area (Å²) >= 11 is 0. The Kier molecular flexibility index (Phi) is 6.31. The lowest BCUT2D eigenvalue weighted by Gasteiger charge is -2.12. The summed E-state index contributed by atoms with van der Waals surface area (Å²) in [7, 11) is 0. The van der Waals surface area contributed by atoms with Gasteiger partial charge in [0.1, 0.15) is 0 Å². The Balaban J connectivity index is 2.35. The zero-order valence-corrected chi connectivity index (χ0v) is 10.9. The molecule has 1 atom stereocenters. The molecule has 1 rings (SSSR count). The first-order valence-electron chi connectivity index (χ1n) is 6.17. The van der Waals surface area contributed by atoms with Crippen molar-refractivity contribution in [2.24, 2.45) is 5.73 Å². The first-order valence-corrected chi connectivity index (χ1v) is 6.17. The summed E-state index contributed by atoms with van der Waals surface area (Å²) in [5, 5.41) is 10.3. The molecular formula is C11H21N5O2. The zero-order chi connectivity index (χ0) is 13.4. The van der Waals surface area contributed by atoms with Gasteiger partial charge < -0.3 is 15.8 Å². The minimum Gasteiger partial charge on any atom is -0.377 e. The predicted molar refractivity (Wildman–Crippen MR) is 67.1 cm³/mol. The van der Waals surface area contributed by atoms with Gasteiger partial charge in [0.05, 0.1) is 18.8 Å². The van der Waals surface area contributed by atoms with Crippen molar-refractivity contribution < 1.29 is 9.53 Å². The topological polar surface area (TPSA) is 95.1 Å². The van der Waals surface area contributed by atoms with Crippen molar-refractivity contribution in [3.63, 3.8) is 0 Å². The van der Waals surface area contributed by atoms with Crippen molar-refractivity contribution >= 4 is 5.91 Å². The molecule has 0 radical (unpaired) electrons. The van der Waals surface area contributed by atoms with Gasteiger partial charge in [0.25, 0.3) is 5.91 Å². The van der Waals surface area contributed by atoms with Crippen molar-refractivity contribution in [3.8, 4) is 0 Å². The average Bonchev–Trinajstić information content (AvgIpc) is 2.82. The summed E-state index contributed by atoms with van der Waals surface area (Å²) in [6, 6.07) is 0. The Morgan fingerprint density at radius 3 is 3.11 bits per heavy atom. The fourth-order valence-corrected chi connectivity index (χ4v) is 1.35. The van der Waals surface area contributed by atoms with Gasteiger partial charge in [-0.25, -0.2) is 0 Å². The normalized spacial score (nSPS) is 12.4. The summed E-state index contributed by atoms with van der Waals surface area (Å²) in [6.45, 7) is 6.14. The number of carbonyl (C=O) groups excluding carboxylic acids is 1. The van der Waals surface area contributed by atoms with E-state index in [1.807, 2.05) is 13.8 Å². The number of carbonyl (C=O) groups is 1. The van der Waals surface area contributed by atoms with E-state index < -0.39 is 0 Å². The van der Waals surface area contributed by atoms with Crippen molar-refractivity contribution in [3.05, 3.63) is 11.9 Å². The molecule has 18 heavy (non-hydrogen) atoms. The predicted octanol–water partition coefficient (Wildman–Crippen LogP) is -0.218. The third-order valence-corrected chi connectivity index (χ3v) is 2.29. The van der Waals surface area contributed by atoms with Gasteiger partial charge in [-0.05, 0) is 13.3 Å². The number of rotatable bonds is 8. The van der Waals surface area contributed by atoms with Crippen LogP contribution in [-0.2, 0) is 11.3 Å². The van der Waals surface area contributed by atoms with Crippen LogP contribution in [0.3, 0.4) is 0 Å². The van der Waals surface area contributed by atoms with E-state index in [-0.39, 0.29) is 12.0 Å². The van der Waals surface area contributed by atoms with Crippen molar-refractivity contribution in [2.75, 3.05) is 19.7 Å². The number of nitrogens with two attached hydrogens (primary N) is 1. The molecule has 1 aromatic heterocycles. The van der Waals surface area contributed by atoms with Crippen LogP contribution in [0.1, 0.15) is 30.8 Å². The van der Waals surface area contributed by atoms with Crippen LogP contribution in [-0.4, -0.2) is 46.7 Å². The highest BCUT2D eigenvalue weighted by Gasteiger charge is 2.11. The van der Waals surface area contributed by atoms with E-state index in [4.69, 9.17) is 10.5 Å². The highest BCUT2D eigenvalue weighted by atomic mass is 16.5. The molecule has 0 unspecified atom stereocenters. The number of nitrogens with one attached hydrogen (secondary N) is 1. The average molecular weight is 255 g/mol. The van der Waals surface area contributed by atoms with Crippen LogP contribution < -0.4 is 11.1 Å². The molecule has 7 nitrogen and oxygen atoms in total. The molecule has 0 aliphatic heterocycles. The van der Waals surface area contributed by atoms with Crippen molar-refractivity contribution in [1.29, 1.82) is 0 Å². The molecule has 3 N–H and O–H groups in total. The second kappa shape index (κ2) is 7.78. The van der Waals surface area contributed by atoms with Crippen molar-refractivity contribution in [2.45, 2.75) is 32.9 Å². The van der Waals surface area contributed by atoms with Gasteiger partial charge in [-0.2, -0.15) is 0 Å². The molecule has 0 spiro atoms. The van der Waals surface area contributed by atoms with Crippen LogP contribution in [0.5, 0.6) is 0 Å². The SMILES string of the molecule is CCCO[C@@H](C)CNC(=O)c1cn(CCN)nn1. The minimum absolute atomic E-state index is 0.00649. The highest BCUT2D eigenvalue weighted by molar-refractivity contribution is 5.91. The highest BCUT2D eigenvalue weighted by Crippen LogP contribution is 1.95. The van der Waals surface area contributed by atoms with Crippen molar-refractivity contribution in [1.82, 2.24) is 20.3 Å². The molecule has 1 amide bonds. The Morgan fingerprint density at radius 1 is 1.67 bits per heavy atom. The van der Waals surface area contributed by atoms with Gasteiger partial charge >= 0.3 is 0 Å². The van der Waals surface area contributed by atoms with E-state index in [0.29, 0.717) is 31.9 Å². The van der Waals surface area contributed by atoms with E-state index in [1.54, 1.807) is 10.9 Å². The maximum absolute atomic E-state index is 11.7. The van der Waals surface area contributed by atoms with E-state index in [9.17, 15) is 4.79 Å². The molecule has 1 heterocycles. The Bertz CT molecular complexity index is 366. The standard InChI is InChI=1S/C11H21N5O2/c1-3-6-18-9(2)7-13-11(17)10-8-16(5-4-12)15-14-10/h8-9H,3-7,12H2,1-2H3,(H,13,17)/t9-/m0/s1. The molecule has 0 bridgehead atoms. The van der Waals surface area contributed by atoms with Crippen LogP contribution in [0.2, 0.25) is 0 Å². The molecule has 0 aromatic carbocycles. The number of nitrogens with zero attached hydrogens (tertiary/aromatic N) is 3. The number of aromatic nitrogens is 3. The number of amides is 1. The quantitative estimate of drug-likeness (QED) is 0.669. The molecule has 0 saturated heterocycles. The number of ether oxygens (including phenoxy) is 1. The lowest BCUT2D eigenvalue weighted by atomic mass is 10.3. The first kappa shape index (κ1) is 14.6. The van der Waals surface area contributed by atoms with E-state index in [2.05, 4.69) is 15.6 Å². The third kappa shape index (κ3) is 4.80. The Labute approximate surface area is 107 Å². The lowest BCUT2D eigenvalue weighted by Crippen LogP contribution is -2.32. The minimum atomic E-state index is -0.245. The van der Waals surface area contributed by atoms with Gasteiger partial charge in [0, 0.05) is 19.7 Å². The van der Waals surface area contributed by atoms with Gasteiger partial charge in [-0.1, -0.05) is 12.1 Å². The zero-order valence-electron chi connectivity index (χ0n) is 10.9. The van der Waals surface area contributed by atoms with Crippen LogP contribution >= 0.6 is 0 Å². The van der Waals surface area contributed by atoms with Crippen LogP contribution in [0.25, 0.3) is 0 Å². The molecule has 0 saturated carbocycles. The lowest BCUT2D eigenvalue weighted by molar-refractivity contribution is 0.0620.